The topological polar surface area (TPSA) is 40.5 Å². The summed E-state index contributed by atoms with van der Waals surface area (Å²) in [6.45, 7) is 2.83. The second kappa shape index (κ2) is 11.4. The first kappa shape index (κ1) is 23.5. The van der Waals surface area contributed by atoms with Gasteiger partial charge in [0.15, 0.2) is 0 Å². The van der Waals surface area contributed by atoms with Crippen molar-refractivity contribution >= 4 is 5.97 Å². The van der Waals surface area contributed by atoms with E-state index in [1.807, 2.05) is 42.5 Å². The number of carboxylic acids is 1. The van der Waals surface area contributed by atoms with Crippen LogP contribution in [-0.2, 0) is 17.8 Å². The Bertz CT molecular complexity index is 1160. The Morgan fingerprint density at radius 3 is 1.74 bits per heavy atom. The lowest BCUT2D eigenvalue weighted by Gasteiger charge is -2.37. The molecule has 4 aromatic rings. The van der Waals surface area contributed by atoms with Crippen LogP contribution in [0.5, 0.6) is 0 Å². The first-order chi connectivity index (χ1) is 16.6. The average molecular weight is 450 g/mol. The molecule has 0 aromatic heterocycles. The lowest BCUT2D eigenvalue weighted by Crippen LogP contribution is -2.32. The van der Waals surface area contributed by atoms with Crippen molar-refractivity contribution in [1.82, 2.24) is 4.90 Å². The third-order valence-corrected chi connectivity index (χ3v) is 6.37. The molecule has 0 spiro atoms. The summed E-state index contributed by atoms with van der Waals surface area (Å²) < 4.78 is 0. The van der Waals surface area contributed by atoms with Crippen molar-refractivity contribution in [2.75, 3.05) is 0 Å². The van der Waals surface area contributed by atoms with E-state index < -0.39 is 5.97 Å². The molecule has 0 saturated carbocycles. The number of carboxylic acid groups (broad SMARTS) is 1. The van der Waals surface area contributed by atoms with Gasteiger partial charge in [-0.15, -0.1) is 0 Å². The molecule has 0 aliphatic rings. The van der Waals surface area contributed by atoms with Gasteiger partial charge < -0.3 is 5.11 Å². The van der Waals surface area contributed by atoms with Gasteiger partial charge in [-0.3, -0.25) is 9.69 Å². The first-order valence-electron chi connectivity index (χ1n) is 11.8. The maximum absolute atomic E-state index is 12.0. The number of rotatable bonds is 10. The molecule has 1 N–H and O–H groups in total. The molecule has 0 amide bonds. The minimum absolute atomic E-state index is 0.0437. The van der Waals surface area contributed by atoms with E-state index in [0.717, 1.165) is 12.0 Å². The molecule has 2 atom stereocenters. The van der Waals surface area contributed by atoms with Gasteiger partial charge in [0.25, 0.3) is 0 Å². The van der Waals surface area contributed by atoms with Crippen LogP contribution in [0.2, 0.25) is 0 Å². The van der Waals surface area contributed by atoms with Crippen molar-refractivity contribution in [2.45, 2.75) is 38.4 Å². The summed E-state index contributed by atoms with van der Waals surface area (Å²) in [4.78, 5) is 14.3. The van der Waals surface area contributed by atoms with Crippen molar-refractivity contribution < 1.29 is 9.90 Å². The largest absolute Gasteiger partial charge is 0.481 e. The molecule has 3 nitrogen and oxygen atoms in total. The van der Waals surface area contributed by atoms with Crippen LogP contribution >= 0.6 is 0 Å². The number of nitrogens with zero attached hydrogens (tertiary/aromatic N) is 1. The Kier molecular flexibility index (Phi) is 7.90. The fourth-order valence-electron chi connectivity index (χ4n) is 4.52. The van der Waals surface area contributed by atoms with E-state index in [4.69, 9.17) is 0 Å². The van der Waals surface area contributed by atoms with Crippen LogP contribution in [0.1, 0.15) is 53.2 Å². The second-order valence-electron chi connectivity index (χ2n) is 8.76. The van der Waals surface area contributed by atoms with Crippen LogP contribution in [-0.4, -0.2) is 16.0 Å². The molecule has 0 aliphatic heterocycles. The summed E-state index contributed by atoms with van der Waals surface area (Å²) >= 11 is 0. The molecule has 0 fully saturated rings. The van der Waals surface area contributed by atoms with Gasteiger partial charge in [-0.2, -0.15) is 0 Å². The van der Waals surface area contributed by atoms with E-state index >= 15 is 0 Å². The van der Waals surface area contributed by atoms with Crippen molar-refractivity contribution in [3.8, 4) is 0 Å². The molecule has 34 heavy (non-hydrogen) atoms. The van der Waals surface area contributed by atoms with Crippen LogP contribution in [0.4, 0.5) is 0 Å². The van der Waals surface area contributed by atoms with E-state index in [1.165, 1.54) is 22.3 Å². The molecule has 0 radical (unpaired) electrons. The molecule has 172 valence electrons. The van der Waals surface area contributed by atoms with Gasteiger partial charge in [0.1, 0.15) is 0 Å². The molecule has 1 unspecified atom stereocenters. The average Bonchev–Trinajstić information content (AvgIpc) is 2.88. The quantitative estimate of drug-likeness (QED) is 0.282. The molecular formula is C31H31NO2. The van der Waals surface area contributed by atoms with Gasteiger partial charge in [0.2, 0.25) is 0 Å². The monoisotopic (exact) mass is 449 g/mol. The summed E-state index contributed by atoms with van der Waals surface area (Å²) in [5.41, 5.74) is 5.85. The lowest BCUT2D eigenvalue weighted by molar-refractivity contribution is -0.138. The molecule has 0 heterocycles. The summed E-state index contributed by atoms with van der Waals surface area (Å²) in [6.07, 6.45) is 0.904. The highest BCUT2D eigenvalue weighted by Gasteiger charge is 2.28. The summed E-state index contributed by atoms with van der Waals surface area (Å²) in [6, 6.07) is 39.2. The molecule has 4 rings (SSSR count). The Hall–Kier alpha value is -3.69. The van der Waals surface area contributed by atoms with Crippen molar-refractivity contribution in [2.24, 2.45) is 0 Å². The van der Waals surface area contributed by atoms with Gasteiger partial charge in [0, 0.05) is 18.6 Å². The third-order valence-electron chi connectivity index (χ3n) is 6.37. The second-order valence-corrected chi connectivity index (χ2v) is 8.76. The maximum atomic E-state index is 12.0. The molecular weight excluding hydrogens is 418 g/mol. The zero-order chi connectivity index (χ0) is 23.8. The number of benzene rings is 4. The van der Waals surface area contributed by atoms with Crippen molar-refractivity contribution in [1.29, 1.82) is 0 Å². The normalized spacial score (nSPS) is 12.9. The Balaban J connectivity index is 1.66. The molecule has 0 saturated heterocycles. The Morgan fingerprint density at radius 2 is 1.18 bits per heavy atom. The molecule has 0 bridgehead atoms. The summed E-state index contributed by atoms with van der Waals surface area (Å²) in [5.74, 6) is -0.795. The first-order valence-corrected chi connectivity index (χ1v) is 11.8. The highest BCUT2D eigenvalue weighted by molar-refractivity contribution is 5.68. The standard InChI is InChI=1S/C31H31NO2/c1-24(28-15-9-4-10-16-28)32(23-27-13-7-3-8-14-27)30(22-31(33)34)29-19-17-26(18-20-29)21-25-11-5-2-6-12-25/h2-20,24,30H,21-23H2,1H3,(H,33,34)/t24-,30?/m1/s1. The minimum atomic E-state index is -0.795. The van der Waals surface area contributed by atoms with Gasteiger partial charge in [-0.1, -0.05) is 115 Å². The van der Waals surface area contributed by atoms with Crippen LogP contribution in [0.25, 0.3) is 0 Å². The minimum Gasteiger partial charge on any atom is -0.481 e. The van der Waals surface area contributed by atoms with E-state index in [1.54, 1.807) is 0 Å². The van der Waals surface area contributed by atoms with Crippen LogP contribution < -0.4 is 0 Å². The predicted molar refractivity (Wildman–Crippen MR) is 138 cm³/mol. The highest BCUT2D eigenvalue weighted by Crippen LogP contribution is 2.35. The molecule has 4 aromatic carbocycles. The fraction of sp³-hybridized carbons (Fsp3) is 0.194. The van der Waals surface area contributed by atoms with E-state index in [2.05, 4.69) is 84.6 Å². The van der Waals surface area contributed by atoms with Crippen LogP contribution in [0, 0.1) is 0 Å². The number of hydrogen-bond donors (Lipinski definition) is 1. The Labute approximate surface area is 202 Å². The Morgan fingerprint density at radius 1 is 0.676 bits per heavy atom. The number of hydrogen-bond acceptors (Lipinski definition) is 2. The van der Waals surface area contributed by atoms with E-state index in [9.17, 15) is 9.90 Å². The summed E-state index contributed by atoms with van der Waals surface area (Å²) in [7, 11) is 0. The fourth-order valence-corrected chi connectivity index (χ4v) is 4.52. The number of aliphatic carboxylic acids is 1. The molecule has 0 aliphatic carbocycles. The zero-order valence-electron chi connectivity index (χ0n) is 19.5. The van der Waals surface area contributed by atoms with Crippen LogP contribution in [0.3, 0.4) is 0 Å². The molecule has 3 heteroatoms. The lowest BCUT2D eigenvalue weighted by atomic mass is 9.95. The SMILES string of the molecule is C[C@H](c1ccccc1)N(Cc1ccccc1)C(CC(=O)O)c1ccc(Cc2ccccc2)cc1. The van der Waals surface area contributed by atoms with Gasteiger partial charge in [-0.25, -0.2) is 0 Å². The van der Waals surface area contributed by atoms with Gasteiger partial charge >= 0.3 is 5.97 Å². The summed E-state index contributed by atoms with van der Waals surface area (Å²) in [5, 5.41) is 9.84. The van der Waals surface area contributed by atoms with Crippen molar-refractivity contribution in [3.05, 3.63) is 143 Å². The van der Waals surface area contributed by atoms with E-state index in [0.29, 0.717) is 6.54 Å². The zero-order valence-corrected chi connectivity index (χ0v) is 19.5. The highest BCUT2D eigenvalue weighted by atomic mass is 16.4. The van der Waals surface area contributed by atoms with Gasteiger partial charge in [-0.05, 0) is 41.2 Å². The van der Waals surface area contributed by atoms with E-state index in [-0.39, 0.29) is 18.5 Å². The van der Waals surface area contributed by atoms with Gasteiger partial charge in [0.05, 0.1) is 6.42 Å². The smallest absolute Gasteiger partial charge is 0.305 e. The predicted octanol–water partition coefficient (Wildman–Crippen LogP) is 7.06. The maximum Gasteiger partial charge on any atom is 0.305 e. The number of carbonyl (C=O) groups is 1. The third kappa shape index (κ3) is 6.21. The van der Waals surface area contributed by atoms with Crippen molar-refractivity contribution in [3.63, 3.8) is 0 Å². The van der Waals surface area contributed by atoms with Crippen LogP contribution in [0.15, 0.2) is 115 Å².